The minimum atomic E-state index is -0.399. The number of hydrogen-bond acceptors (Lipinski definition) is 3. The van der Waals surface area contributed by atoms with Gasteiger partial charge >= 0.3 is 0 Å². The quantitative estimate of drug-likeness (QED) is 0.783. The predicted octanol–water partition coefficient (Wildman–Crippen LogP) is 2.85. The predicted molar refractivity (Wildman–Crippen MR) is 81.7 cm³/mol. The van der Waals surface area contributed by atoms with Crippen molar-refractivity contribution in [2.45, 2.75) is 70.5 Å². The summed E-state index contributed by atoms with van der Waals surface area (Å²) in [5.41, 5.74) is -0.218. The molecule has 0 radical (unpaired) electrons. The Morgan fingerprint density at radius 3 is 2.71 bits per heavy atom. The molecule has 2 N–H and O–H groups in total. The van der Waals surface area contributed by atoms with E-state index < -0.39 is 6.10 Å². The third kappa shape index (κ3) is 2.83. The first-order valence-electron chi connectivity index (χ1n) is 8.58. The highest BCUT2D eigenvalue weighted by atomic mass is 16.3. The monoisotopic (exact) mass is 292 g/mol. The van der Waals surface area contributed by atoms with Crippen LogP contribution in [-0.4, -0.2) is 28.2 Å². The third-order valence-electron chi connectivity index (χ3n) is 6.33. The molecule has 118 valence electrons. The Bertz CT molecular complexity index is 424. The smallest absolute Gasteiger partial charge is 0.139 e. The van der Waals surface area contributed by atoms with Gasteiger partial charge in [0.15, 0.2) is 0 Å². The molecule has 0 aromatic carbocycles. The first-order chi connectivity index (χ1) is 10.0. The summed E-state index contributed by atoms with van der Waals surface area (Å²) in [5, 5.41) is 20.4. The highest BCUT2D eigenvalue weighted by molar-refractivity contribution is 5.91. The van der Waals surface area contributed by atoms with E-state index in [1.54, 1.807) is 0 Å². The molecule has 0 saturated heterocycles. The second-order valence-electron chi connectivity index (χ2n) is 7.67. The molecule has 3 saturated carbocycles. The molecule has 5 atom stereocenters. The molecular weight excluding hydrogens is 264 g/mol. The van der Waals surface area contributed by atoms with E-state index >= 15 is 0 Å². The number of ketones is 1. The van der Waals surface area contributed by atoms with Gasteiger partial charge < -0.3 is 10.2 Å². The summed E-state index contributed by atoms with van der Waals surface area (Å²) in [5.74, 6) is 1.32. The average molecular weight is 292 g/mol. The summed E-state index contributed by atoms with van der Waals surface area (Å²) in [7, 11) is 0. The molecule has 0 spiro atoms. The highest BCUT2D eigenvalue weighted by Crippen LogP contribution is 2.55. The lowest BCUT2D eigenvalue weighted by atomic mass is 9.50. The lowest BCUT2D eigenvalue weighted by Gasteiger charge is -2.53. The summed E-state index contributed by atoms with van der Waals surface area (Å²) >= 11 is 0. The van der Waals surface area contributed by atoms with Gasteiger partial charge in [0.2, 0.25) is 0 Å². The van der Waals surface area contributed by atoms with E-state index in [1.165, 1.54) is 25.7 Å². The molecule has 3 aliphatic rings. The number of carbonyl (C=O) groups is 1. The SMILES string of the molecule is C[C@]12CC[C@@H](O)[C@H](C=C[C@@H](O)CC3CCCC3)[C@H]1CC2=O. The van der Waals surface area contributed by atoms with Crippen LogP contribution in [-0.2, 0) is 4.79 Å². The first kappa shape index (κ1) is 15.2. The molecule has 0 unspecified atom stereocenters. The van der Waals surface area contributed by atoms with Crippen molar-refractivity contribution < 1.29 is 15.0 Å². The zero-order valence-corrected chi connectivity index (χ0v) is 13.0. The van der Waals surface area contributed by atoms with E-state index in [4.69, 9.17) is 0 Å². The van der Waals surface area contributed by atoms with Crippen LogP contribution < -0.4 is 0 Å². The second-order valence-corrected chi connectivity index (χ2v) is 7.67. The molecule has 0 aromatic rings. The molecule has 0 aromatic heterocycles. The third-order valence-corrected chi connectivity index (χ3v) is 6.33. The normalized spacial score (nSPS) is 42.0. The molecule has 3 rings (SSSR count). The molecule has 3 aliphatic carbocycles. The van der Waals surface area contributed by atoms with Gasteiger partial charge in [-0.2, -0.15) is 0 Å². The molecule has 21 heavy (non-hydrogen) atoms. The molecule has 0 amide bonds. The van der Waals surface area contributed by atoms with Crippen molar-refractivity contribution in [2.24, 2.45) is 23.2 Å². The Kier molecular flexibility index (Phi) is 4.24. The summed E-state index contributed by atoms with van der Waals surface area (Å²) in [6.45, 7) is 2.05. The van der Waals surface area contributed by atoms with E-state index in [0.717, 1.165) is 12.8 Å². The number of rotatable bonds is 4. The number of fused-ring (bicyclic) bond motifs is 1. The minimum absolute atomic E-state index is 0.0414. The Morgan fingerprint density at radius 2 is 2.05 bits per heavy atom. The molecule has 3 fully saturated rings. The molecule has 0 bridgehead atoms. The summed E-state index contributed by atoms with van der Waals surface area (Å²) in [4.78, 5) is 11.9. The number of aliphatic hydroxyl groups is 2. The fourth-order valence-electron chi connectivity index (χ4n) is 4.71. The van der Waals surface area contributed by atoms with Gasteiger partial charge in [-0.1, -0.05) is 44.8 Å². The second kappa shape index (κ2) is 5.85. The van der Waals surface area contributed by atoms with Crippen LogP contribution in [0.2, 0.25) is 0 Å². The largest absolute Gasteiger partial charge is 0.393 e. The maximum atomic E-state index is 11.9. The maximum Gasteiger partial charge on any atom is 0.139 e. The molecule has 3 heteroatoms. The summed E-state index contributed by atoms with van der Waals surface area (Å²) in [6, 6.07) is 0. The molecule has 3 nitrogen and oxygen atoms in total. The fraction of sp³-hybridized carbons (Fsp3) is 0.833. The zero-order valence-electron chi connectivity index (χ0n) is 13.0. The number of Topliss-reactive ketones (excluding diaryl/α,β-unsaturated/α-hetero) is 1. The molecule has 0 aliphatic heterocycles. The number of hydrogen-bond donors (Lipinski definition) is 2. The van der Waals surface area contributed by atoms with Crippen molar-refractivity contribution in [3.05, 3.63) is 12.2 Å². The van der Waals surface area contributed by atoms with Gasteiger partial charge in [0.1, 0.15) is 5.78 Å². The lowest BCUT2D eigenvalue weighted by molar-refractivity contribution is -0.157. The van der Waals surface area contributed by atoms with Gasteiger partial charge in [0.05, 0.1) is 12.2 Å². The van der Waals surface area contributed by atoms with E-state index in [9.17, 15) is 15.0 Å². The van der Waals surface area contributed by atoms with Crippen molar-refractivity contribution in [1.82, 2.24) is 0 Å². The van der Waals surface area contributed by atoms with Crippen molar-refractivity contribution >= 4 is 5.78 Å². The van der Waals surface area contributed by atoms with Crippen LogP contribution in [0.5, 0.6) is 0 Å². The number of carbonyl (C=O) groups excluding carboxylic acids is 1. The Balaban J connectivity index is 1.59. The van der Waals surface area contributed by atoms with Crippen molar-refractivity contribution in [3.63, 3.8) is 0 Å². The van der Waals surface area contributed by atoms with Gasteiger partial charge in [0, 0.05) is 17.8 Å². The van der Waals surface area contributed by atoms with Crippen LogP contribution >= 0.6 is 0 Å². The summed E-state index contributed by atoms with van der Waals surface area (Å²) < 4.78 is 0. The van der Waals surface area contributed by atoms with Crippen LogP contribution in [0.15, 0.2) is 12.2 Å². The molecule has 0 heterocycles. The van der Waals surface area contributed by atoms with Crippen LogP contribution in [0.1, 0.15) is 58.3 Å². The van der Waals surface area contributed by atoms with E-state index in [1.807, 2.05) is 19.1 Å². The molecular formula is C18H28O3. The van der Waals surface area contributed by atoms with Gasteiger partial charge in [-0.05, 0) is 31.1 Å². The van der Waals surface area contributed by atoms with Gasteiger partial charge in [-0.3, -0.25) is 4.79 Å². The van der Waals surface area contributed by atoms with Crippen LogP contribution in [0.25, 0.3) is 0 Å². The number of aliphatic hydroxyl groups excluding tert-OH is 2. The van der Waals surface area contributed by atoms with E-state index in [-0.39, 0.29) is 23.4 Å². The van der Waals surface area contributed by atoms with Crippen molar-refractivity contribution in [2.75, 3.05) is 0 Å². The fourth-order valence-corrected chi connectivity index (χ4v) is 4.71. The Morgan fingerprint density at radius 1 is 1.33 bits per heavy atom. The van der Waals surface area contributed by atoms with Crippen molar-refractivity contribution in [3.8, 4) is 0 Å². The Labute approximate surface area is 127 Å². The Hall–Kier alpha value is -0.670. The van der Waals surface area contributed by atoms with Crippen molar-refractivity contribution in [1.29, 1.82) is 0 Å². The van der Waals surface area contributed by atoms with E-state index in [2.05, 4.69) is 0 Å². The maximum absolute atomic E-state index is 11.9. The van der Waals surface area contributed by atoms with Gasteiger partial charge in [-0.25, -0.2) is 0 Å². The lowest BCUT2D eigenvalue weighted by Crippen LogP contribution is -2.56. The highest BCUT2D eigenvalue weighted by Gasteiger charge is 2.57. The van der Waals surface area contributed by atoms with Gasteiger partial charge in [0.25, 0.3) is 0 Å². The average Bonchev–Trinajstić information content (AvgIpc) is 2.95. The van der Waals surface area contributed by atoms with E-state index in [0.29, 0.717) is 24.5 Å². The minimum Gasteiger partial charge on any atom is -0.393 e. The standard InChI is InChI=1S/C18H28O3/c1-18-9-8-16(20)14(15(18)11-17(18)21)7-6-13(19)10-12-4-2-3-5-12/h6-7,12-16,19-20H,2-5,8-11H2,1H3/t13-,14-,15-,16-,18+/m1/s1. The topological polar surface area (TPSA) is 57.5 Å². The summed E-state index contributed by atoms with van der Waals surface area (Å²) in [6.07, 6.45) is 11.2. The zero-order chi connectivity index (χ0) is 15.0. The van der Waals surface area contributed by atoms with Crippen LogP contribution in [0.4, 0.5) is 0 Å². The van der Waals surface area contributed by atoms with Gasteiger partial charge in [-0.15, -0.1) is 0 Å². The first-order valence-corrected chi connectivity index (χ1v) is 8.58. The van der Waals surface area contributed by atoms with Crippen LogP contribution in [0, 0.1) is 23.2 Å². The van der Waals surface area contributed by atoms with Crippen LogP contribution in [0.3, 0.4) is 0 Å².